The fourth-order valence-corrected chi connectivity index (χ4v) is 5.49. The Hall–Kier alpha value is -2.78. The van der Waals surface area contributed by atoms with Gasteiger partial charge in [0.1, 0.15) is 15.4 Å². The summed E-state index contributed by atoms with van der Waals surface area (Å²) in [7, 11) is -5.39. The predicted molar refractivity (Wildman–Crippen MR) is 141 cm³/mol. The minimum absolute atomic E-state index is 0.178. The summed E-state index contributed by atoms with van der Waals surface area (Å²) in [6, 6.07) is 34.0. The molecule has 0 aliphatic heterocycles. The summed E-state index contributed by atoms with van der Waals surface area (Å²) in [5.74, 6) is 0. The first-order valence-electron chi connectivity index (χ1n) is 10.7. The molecule has 0 saturated heterocycles. The average molecular weight is 477 g/mol. The fourth-order valence-electron chi connectivity index (χ4n) is 3.57. The highest BCUT2D eigenvalue weighted by Gasteiger charge is 2.27. The SMILES string of the molecule is C[P+](C)(C)c1cccc(-c2ccccc2)c1-c1ccccc1.Cc1ccc(S(=O)(=O)[O-])cc1. The van der Waals surface area contributed by atoms with Crippen molar-refractivity contribution in [2.45, 2.75) is 11.8 Å². The largest absolute Gasteiger partial charge is 0.744 e. The van der Waals surface area contributed by atoms with E-state index < -0.39 is 17.4 Å². The Morgan fingerprint density at radius 1 is 0.636 bits per heavy atom. The molecule has 0 aliphatic carbocycles. The zero-order valence-corrected chi connectivity index (χ0v) is 21.1. The maximum absolute atomic E-state index is 10.4. The van der Waals surface area contributed by atoms with Crippen molar-refractivity contribution in [2.75, 3.05) is 20.0 Å². The first-order chi connectivity index (χ1) is 15.6. The van der Waals surface area contributed by atoms with Gasteiger partial charge >= 0.3 is 0 Å². The van der Waals surface area contributed by atoms with E-state index in [1.807, 2.05) is 6.92 Å². The summed E-state index contributed by atoms with van der Waals surface area (Å²) in [4.78, 5) is -0.178. The molecule has 0 N–H and O–H groups in total. The van der Waals surface area contributed by atoms with E-state index in [0.717, 1.165) is 5.56 Å². The van der Waals surface area contributed by atoms with Gasteiger partial charge < -0.3 is 4.55 Å². The molecule has 0 aromatic heterocycles. The van der Waals surface area contributed by atoms with Crippen LogP contribution >= 0.6 is 7.26 Å². The van der Waals surface area contributed by atoms with Crippen LogP contribution in [0.4, 0.5) is 0 Å². The maximum Gasteiger partial charge on any atom is 0.124 e. The Kier molecular flexibility index (Phi) is 7.86. The Balaban J connectivity index is 0.000000235. The highest BCUT2D eigenvalue weighted by Crippen LogP contribution is 2.49. The lowest BCUT2D eigenvalue weighted by Crippen LogP contribution is -2.12. The summed E-state index contributed by atoms with van der Waals surface area (Å²) < 4.78 is 31.2. The van der Waals surface area contributed by atoms with E-state index >= 15 is 0 Å². The van der Waals surface area contributed by atoms with Gasteiger partial charge in [0.15, 0.2) is 0 Å². The minimum atomic E-state index is -4.27. The Bertz CT molecular complexity index is 1290. The molecule has 0 spiro atoms. The number of hydrogen-bond donors (Lipinski definition) is 0. The van der Waals surface area contributed by atoms with E-state index in [1.54, 1.807) is 12.1 Å². The van der Waals surface area contributed by atoms with Gasteiger partial charge in [-0.3, -0.25) is 0 Å². The minimum Gasteiger partial charge on any atom is -0.744 e. The predicted octanol–water partition coefficient (Wildman–Crippen LogP) is 6.45. The molecule has 5 heteroatoms. The van der Waals surface area contributed by atoms with Crippen molar-refractivity contribution in [3.63, 3.8) is 0 Å². The van der Waals surface area contributed by atoms with Crippen molar-refractivity contribution < 1.29 is 13.0 Å². The standard InChI is InChI=1S/C21H22P.C7H8O3S/c1-22(2,3)20-16-10-15-19(17-11-6-4-7-12-17)21(20)18-13-8-5-9-14-18;1-6-2-4-7(5-3-6)11(8,9)10/h4-16H,1-3H3;2-5H,1H3,(H,8,9,10)/q+1;/p-1. The second kappa shape index (κ2) is 10.4. The number of rotatable bonds is 4. The molecule has 0 atom stereocenters. The summed E-state index contributed by atoms with van der Waals surface area (Å²) >= 11 is 0. The number of benzene rings is 4. The van der Waals surface area contributed by atoms with Gasteiger partial charge in [-0.2, -0.15) is 0 Å². The average Bonchev–Trinajstić information content (AvgIpc) is 2.79. The third-order valence-corrected chi connectivity index (χ3v) is 7.89. The van der Waals surface area contributed by atoms with Crippen LogP contribution in [0.15, 0.2) is 108 Å². The van der Waals surface area contributed by atoms with Crippen molar-refractivity contribution >= 4 is 22.7 Å². The number of aryl methyl sites for hydroxylation is 1. The summed E-state index contributed by atoms with van der Waals surface area (Å²) in [5.41, 5.74) is 6.26. The van der Waals surface area contributed by atoms with Crippen LogP contribution in [-0.2, 0) is 10.1 Å². The highest BCUT2D eigenvalue weighted by molar-refractivity contribution is 7.85. The Morgan fingerprint density at radius 3 is 1.64 bits per heavy atom. The molecule has 170 valence electrons. The van der Waals surface area contributed by atoms with E-state index in [0.29, 0.717) is 0 Å². The van der Waals surface area contributed by atoms with Crippen LogP contribution < -0.4 is 5.30 Å². The number of hydrogen-bond acceptors (Lipinski definition) is 3. The van der Waals surface area contributed by atoms with E-state index in [-0.39, 0.29) is 4.90 Å². The molecular weight excluding hydrogens is 447 g/mol. The molecule has 4 rings (SSSR count). The van der Waals surface area contributed by atoms with Crippen molar-refractivity contribution in [1.82, 2.24) is 0 Å². The smallest absolute Gasteiger partial charge is 0.124 e. The topological polar surface area (TPSA) is 57.2 Å². The van der Waals surface area contributed by atoms with Gasteiger partial charge in [0, 0.05) is 12.8 Å². The molecule has 0 heterocycles. The van der Waals surface area contributed by atoms with Crippen LogP contribution in [0.5, 0.6) is 0 Å². The van der Waals surface area contributed by atoms with Gasteiger partial charge in [-0.15, -0.1) is 0 Å². The van der Waals surface area contributed by atoms with Crippen molar-refractivity contribution in [1.29, 1.82) is 0 Å². The fraction of sp³-hybridized carbons (Fsp3) is 0.143. The maximum atomic E-state index is 10.4. The third kappa shape index (κ3) is 6.61. The molecule has 0 fully saturated rings. The van der Waals surface area contributed by atoms with Crippen LogP contribution in [0, 0.1) is 6.92 Å². The lowest BCUT2D eigenvalue weighted by atomic mass is 9.94. The van der Waals surface area contributed by atoms with Crippen LogP contribution in [0.3, 0.4) is 0 Å². The lowest BCUT2D eigenvalue weighted by Gasteiger charge is -2.20. The zero-order valence-electron chi connectivity index (χ0n) is 19.4. The van der Waals surface area contributed by atoms with Gasteiger partial charge in [-0.25, -0.2) is 8.42 Å². The molecule has 0 bridgehead atoms. The second-order valence-electron chi connectivity index (χ2n) is 8.71. The van der Waals surface area contributed by atoms with Gasteiger partial charge in [0.2, 0.25) is 0 Å². The Labute approximate surface area is 198 Å². The molecule has 0 amide bonds. The lowest BCUT2D eigenvalue weighted by molar-refractivity contribution is 0.463. The van der Waals surface area contributed by atoms with Crippen LogP contribution in [0.25, 0.3) is 22.3 Å². The third-order valence-electron chi connectivity index (χ3n) is 5.22. The second-order valence-corrected chi connectivity index (χ2v) is 14.6. The van der Waals surface area contributed by atoms with Crippen molar-refractivity contribution in [2.24, 2.45) is 0 Å². The molecule has 0 saturated carbocycles. The quantitative estimate of drug-likeness (QED) is 0.251. The summed E-state index contributed by atoms with van der Waals surface area (Å²) in [6.45, 7) is 9.00. The molecule has 33 heavy (non-hydrogen) atoms. The van der Waals surface area contributed by atoms with Gasteiger partial charge in [-0.1, -0.05) is 90.5 Å². The molecule has 3 nitrogen and oxygen atoms in total. The van der Waals surface area contributed by atoms with Gasteiger partial charge in [0.05, 0.1) is 24.9 Å². The van der Waals surface area contributed by atoms with Crippen molar-refractivity contribution in [3.05, 3.63) is 109 Å². The summed E-state index contributed by atoms with van der Waals surface area (Å²) in [5, 5.41) is 1.50. The van der Waals surface area contributed by atoms with E-state index in [4.69, 9.17) is 0 Å². The molecule has 4 aromatic rings. The van der Waals surface area contributed by atoms with Crippen LogP contribution in [0.2, 0.25) is 0 Å². The molecule has 0 radical (unpaired) electrons. The Morgan fingerprint density at radius 2 is 1.15 bits per heavy atom. The van der Waals surface area contributed by atoms with Crippen LogP contribution in [0.1, 0.15) is 5.56 Å². The first-order valence-corrected chi connectivity index (χ1v) is 15.2. The zero-order chi connectivity index (χ0) is 24.1. The van der Waals surface area contributed by atoms with E-state index in [2.05, 4.69) is 98.9 Å². The van der Waals surface area contributed by atoms with Crippen LogP contribution in [-0.4, -0.2) is 33.0 Å². The molecule has 0 aliphatic rings. The van der Waals surface area contributed by atoms with Crippen molar-refractivity contribution in [3.8, 4) is 22.3 Å². The normalized spacial score (nSPS) is 11.4. The van der Waals surface area contributed by atoms with E-state index in [9.17, 15) is 13.0 Å². The molecule has 4 aromatic carbocycles. The monoisotopic (exact) mass is 476 g/mol. The van der Waals surface area contributed by atoms with E-state index in [1.165, 1.54) is 39.7 Å². The molecule has 0 unspecified atom stereocenters. The highest BCUT2D eigenvalue weighted by atomic mass is 32.2. The molecular formula is C28H29O3PS. The summed E-state index contributed by atoms with van der Waals surface area (Å²) in [6.07, 6.45) is 0. The van der Waals surface area contributed by atoms with Gasteiger partial charge in [-0.05, 0) is 41.8 Å². The van der Waals surface area contributed by atoms with Gasteiger partial charge in [0.25, 0.3) is 0 Å². The first kappa shape index (κ1) is 24.9.